The molecule has 8 heteroatoms. The number of carbonyl (C=O) groups excluding carboxylic acids is 3. The lowest BCUT2D eigenvalue weighted by molar-refractivity contribution is -0.162. The van der Waals surface area contributed by atoms with E-state index in [1.165, 1.54) is 4.90 Å². The average Bonchev–Trinajstić information content (AvgIpc) is 3.24. The molecule has 182 valence electrons. The lowest BCUT2D eigenvalue weighted by atomic mass is 10.2. The minimum Gasteiger partial charge on any atom is -0.459 e. The van der Waals surface area contributed by atoms with Crippen molar-refractivity contribution < 1.29 is 33.3 Å². The molecule has 1 saturated heterocycles. The van der Waals surface area contributed by atoms with Crippen molar-refractivity contribution in [3.63, 3.8) is 0 Å². The summed E-state index contributed by atoms with van der Waals surface area (Å²) in [5, 5.41) is 0. The lowest BCUT2D eigenvalue weighted by Gasteiger charge is -2.22. The first-order valence-corrected chi connectivity index (χ1v) is 11.2. The van der Waals surface area contributed by atoms with E-state index < -0.39 is 35.8 Å². The third kappa shape index (κ3) is 7.88. The first-order chi connectivity index (χ1) is 16.2. The highest BCUT2D eigenvalue weighted by atomic mass is 16.6. The topological polar surface area (TPSA) is 91.4 Å². The number of nitrogens with zero attached hydrogens (tertiary/aromatic N) is 1. The van der Waals surface area contributed by atoms with Crippen molar-refractivity contribution in [3.8, 4) is 0 Å². The Hall–Kier alpha value is -3.39. The zero-order valence-electron chi connectivity index (χ0n) is 19.8. The summed E-state index contributed by atoms with van der Waals surface area (Å²) in [5.74, 6) is -1.07. The number of hydrogen-bond acceptors (Lipinski definition) is 7. The molecule has 1 heterocycles. The van der Waals surface area contributed by atoms with Gasteiger partial charge in [0.05, 0.1) is 12.6 Å². The second-order valence-electron chi connectivity index (χ2n) is 9.06. The number of benzene rings is 2. The molecule has 0 aliphatic carbocycles. The van der Waals surface area contributed by atoms with Crippen molar-refractivity contribution in [1.82, 2.24) is 4.90 Å². The molecular formula is C26H31NO7. The number of hydrogen-bond donors (Lipinski definition) is 0. The van der Waals surface area contributed by atoms with Crippen LogP contribution in [-0.2, 0) is 41.8 Å². The Labute approximate surface area is 199 Å². The third-order valence-corrected chi connectivity index (χ3v) is 5.06. The number of rotatable bonds is 8. The molecule has 1 fully saturated rings. The van der Waals surface area contributed by atoms with Crippen LogP contribution in [0.3, 0.4) is 0 Å². The van der Waals surface area contributed by atoms with Gasteiger partial charge in [-0.3, -0.25) is 4.90 Å². The van der Waals surface area contributed by atoms with Gasteiger partial charge in [0.2, 0.25) is 0 Å². The van der Waals surface area contributed by atoms with Crippen molar-refractivity contribution >= 4 is 18.0 Å². The largest absolute Gasteiger partial charge is 0.459 e. The van der Waals surface area contributed by atoms with E-state index in [9.17, 15) is 14.4 Å². The maximum absolute atomic E-state index is 12.9. The van der Waals surface area contributed by atoms with Gasteiger partial charge in [-0.05, 0) is 31.9 Å². The van der Waals surface area contributed by atoms with Gasteiger partial charge in [-0.2, -0.15) is 0 Å². The van der Waals surface area contributed by atoms with Gasteiger partial charge in [0.1, 0.15) is 31.5 Å². The Bertz CT molecular complexity index is 893. The van der Waals surface area contributed by atoms with Crippen LogP contribution in [0.5, 0.6) is 0 Å². The van der Waals surface area contributed by atoms with E-state index in [-0.39, 0.29) is 32.8 Å². The third-order valence-electron chi connectivity index (χ3n) is 5.06. The standard InChI is InChI=1S/C26H31NO7/c1-26(2,3)34-23(28)18-31-21-14-22(24(29)32-16-19-10-6-4-7-11-19)27(15-21)25(30)33-17-20-12-8-5-9-13-20/h4-13,21-22H,14-18H2,1-3H3. The molecule has 0 aromatic heterocycles. The number of esters is 2. The summed E-state index contributed by atoms with van der Waals surface area (Å²) in [5.41, 5.74) is 1.04. The Morgan fingerprint density at radius 3 is 2.00 bits per heavy atom. The molecule has 0 saturated carbocycles. The molecule has 3 rings (SSSR count). The van der Waals surface area contributed by atoms with Crippen LogP contribution in [0.15, 0.2) is 60.7 Å². The molecule has 2 unspecified atom stereocenters. The fourth-order valence-corrected chi connectivity index (χ4v) is 3.53. The van der Waals surface area contributed by atoms with Crippen LogP contribution in [0, 0.1) is 0 Å². The summed E-state index contributed by atoms with van der Waals surface area (Å²) in [7, 11) is 0. The van der Waals surface area contributed by atoms with Crippen LogP contribution in [0.1, 0.15) is 38.3 Å². The van der Waals surface area contributed by atoms with Crippen LogP contribution < -0.4 is 0 Å². The molecule has 8 nitrogen and oxygen atoms in total. The molecule has 34 heavy (non-hydrogen) atoms. The zero-order valence-corrected chi connectivity index (χ0v) is 19.8. The van der Waals surface area contributed by atoms with E-state index in [1.807, 2.05) is 60.7 Å². The first kappa shape index (κ1) is 25.2. The molecule has 2 aromatic carbocycles. The minimum atomic E-state index is -0.879. The van der Waals surface area contributed by atoms with E-state index in [0.717, 1.165) is 11.1 Å². The average molecular weight is 470 g/mol. The zero-order chi connectivity index (χ0) is 24.6. The summed E-state index contributed by atoms with van der Waals surface area (Å²) in [6.45, 7) is 5.29. The van der Waals surface area contributed by atoms with Gasteiger partial charge in [0.25, 0.3) is 0 Å². The molecule has 0 N–H and O–H groups in total. The van der Waals surface area contributed by atoms with Crippen molar-refractivity contribution in [2.75, 3.05) is 13.2 Å². The molecule has 1 aliphatic rings. The van der Waals surface area contributed by atoms with E-state index in [2.05, 4.69) is 0 Å². The van der Waals surface area contributed by atoms with Gasteiger partial charge < -0.3 is 18.9 Å². The molecule has 2 atom stereocenters. The fourth-order valence-electron chi connectivity index (χ4n) is 3.53. The maximum Gasteiger partial charge on any atom is 0.410 e. The monoisotopic (exact) mass is 469 g/mol. The SMILES string of the molecule is CC(C)(C)OC(=O)COC1CC(C(=O)OCc2ccccc2)N(C(=O)OCc2ccccc2)C1. The highest BCUT2D eigenvalue weighted by Gasteiger charge is 2.42. The first-order valence-electron chi connectivity index (χ1n) is 11.2. The van der Waals surface area contributed by atoms with Crippen LogP contribution in [0.2, 0.25) is 0 Å². The van der Waals surface area contributed by atoms with E-state index in [0.29, 0.717) is 0 Å². The fraction of sp³-hybridized carbons (Fsp3) is 0.423. The van der Waals surface area contributed by atoms with E-state index in [4.69, 9.17) is 18.9 Å². The molecule has 0 bridgehead atoms. The number of carbonyl (C=O) groups is 3. The van der Waals surface area contributed by atoms with Gasteiger partial charge >= 0.3 is 18.0 Å². The van der Waals surface area contributed by atoms with Crippen molar-refractivity contribution in [3.05, 3.63) is 71.8 Å². The van der Waals surface area contributed by atoms with Gasteiger partial charge in [0.15, 0.2) is 0 Å². The molecule has 2 aromatic rings. The predicted molar refractivity (Wildman–Crippen MR) is 124 cm³/mol. The maximum atomic E-state index is 12.9. The summed E-state index contributed by atoms with van der Waals surface area (Å²) in [6.07, 6.45) is -0.989. The van der Waals surface area contributed by atoms with Gasteiger partial charge in [-0.15, -0.1) is 0 Å². The molecule has 1 amide bonds. The van der Waals surface area contributed by atoms with Crippen molar-refractivity contribution in [1.29, 1.82) is 0 Å². The highest BCUT2D eigenvalue weighted by molar-refractivity contribution is 5.82. The summed E-state index contributed by atoms with van der Waals surface area (Å²) in [4.78, 5) is 39.0. The second kappa shape index (κ2) is 11.7. The molecular weight excluding hydrogens is 438 g/mol. The Morgan fingerprint density at radius 1 is 0.882 bits per heavy atom. The van der Waals surface area contributed by atoms with Gasteiger partial charge in [-0.25, -0.2) is 14.4 Å². The Morgan fingerprint density at radius 2 is 1.44 bits per heavy atom. The van der Waals surface area contributed by atoms with Crippen LogP contribution in [0.25, 0.3) is 0 Å². The van der Waals surface area contributed by atoms with Gasteiger partial charge in [-0.1, -0.05) is 60.7 Å². The minimum absolute atomic E-state index is 0.0748. The number of ether oxygens (including phenoxy) is 4. The summed E-state index contributed by atoms with van der Waals surface area (Å²) < 4.78 is 21.8. The van der Waals surface area contributed by atoms with Crippen LogP contribution >= 0.6 is 0 Å². The smallest absolute Gasteiger partial charge is 0.410 e. The number of amides is 1. The van der Waals surface area contributed by atoms with Crippen molar-refractivity contribution in [2.45, 2.75) is 58.2 Å². The van der Waals surface area contributed by atoms with Gasteiger partial charge in [0, 0.05) is 6.42 Å². The number of likely N-dealkylation sites (tertiary alicyclic amines) is 1. The quantitative estimate of drug-likeness (QED) is 0.428. The van der Waals surface area contributed by atoms with Crippen LogP contribution in [-0.4, -0.2) is 53.8 Å². The highest BCUT2D eigenvalue weighted by Crippen LogP contribution is 2.24. The van der Waals surface area contributed by atoms with Crippen molar-refractivity contribution in [2.24, 2.45) is 0 Å². The predicted octanol–water partition coefficient (Wildman–Crippen LogP) is 3.87. The Kier molecular flexibility index (Phi) is 8.65. The van der Waals surface area contributed by atoms with E-state index >= 15 is 0 Å². The molecule has 0 radical (unpaired) electrons. The summed E-state index contributed by atoms with van der Waals surface area (Å²) >= 11 is 0. The van der Waals surface area contributed by atoms with E-state index in [1.54, 1.807) is 20.8 Å². The lowest BCUT2D eigenvalue weighted by Crippen LogP contribution is -2.41. The second-order valence-corrected chi connectivity index (χ2v) is 9.06. The molecule has 1 aliphatic heterocycles. The van der Waals surface area contributed by atoms with Crippen LogP contribution in [0.4, 0.5) is 4.79 Å². The molecule has 0 spiro atoms. The summed E-state index contributed by atoms with van der Waals surface area (Å²) in [6, 6.07) is 17.7. The normalized spacial score (nSPS) is 17.8. The Balaban J connectivity index is 1.61.